The fourth-order valence-electron chi connectivity index (χ4n) is 2.18. The van der Waals surface area contributed by atoms with Crippen LogP contribution >= 0.6 is 0 Å². The lowest BCUT2D eigenvalue weighted by molar-refractivity contribution is -0.127. The molecular formula is C18H20FNO3S. The summed E-state index contributed by atoms with van der Waals surface area (Å²) >= 11 is 0. The summed E-state index contributed by atoms with van der Waals surface area (Å²) in [5.41, 5.74) is 2.47. The lowest BCUT2D eigenvalue weighted by atomic mass is 10.2. The van der Waals surface area contributed by atoms with Crippen molar-refractivity contribution in [2.45, 2.75) is 18.9 Å². The second-order valence-electron chi connectivity index (χ2n) is 5.58. The van der Waals surface area contributed by atoms with E-state index in [9.17, 15) is 13.4 Å². The summed E-state index contributed by atoms with van der Waals surface area (Å²) in [4.78, 5) is 13.6. The van der Waals surface area contributed by atoms with E-state index in [-0.39, 0.29) is 24.1 Å². The Balaban J connectivity index is 1.85. The second kappa shape index (κ2) is 8.70. The molecule has 1 atom stereocenters. The van der Waals surface area contributed by atoms with Gasteiger partial charge < -0.3 is 10.0 Å². The lowest BCUT2D eigenvalue weighted by Gasteiger charge is -2.17. The SMILES string of the molecule is CN(Cc1ccc(F)cc1)C(=O)CS(=O)Cc1ccc(CO)cc1. The van der Waals surface area contributed by atoms with Gasteiger partial charge in [0.15, 0.2) is 0 Å². The van der Waals surface area contributed by atoms with E-state index in [2.05, 4.69) is 0 Å². The molecule has 0 radical (unpaired) electrons. The highest BCUT2D eigenvalue weighted by Crippen LogP contribution is 2.09. The molecule has 2 aromatic carbocycles. The summed E-state index contributed by atoms with van der Waals surface area (Å²) in [6.45, 7) is 0.317. The minimum Gasteiger partial charge on any atom is -0.392 e. The van der Waals surface area contributed by atoms with Crippen LogP contribution in [-0.2, 0) is 34.5 Å². The molecule has 0 aliphatic carbocycles. The van der Waals surface area contributed by atoms with E-state index >= 15 is 0 Å². The largest absolute Gasteiger partial charge is 0.392 e. The number of hydrogen-bond donors (Lipinski definition) is 1. The maximum Gasteiger partial charge on any atom is 0.235 e. The number of benzene rings is 2. The number of aliphatic hydroxyl groups is 1. The number of rotatable bonds is 7. The molecule has 0 fully saturated rings. The zero-order valence-electron chi connectivity index (χ0n) is 13.4. The Morgan fingerprint density at radius 1 is 1.04 bits per heavy atom. The first-order chi connectivity index (χ1) is 11.5. The molecule has 4 nitrogen and oxygen atoms in total. The third-order valence-electron chi connectivity index (χ3n) is 3.58. The van der Waals surface area contributed by atoms with Gasteiger partial charge in [-0.1, -0.05) is 36.4 Å². The van der Waals surface area contributed by atoms with Gasteiger partial charge in [-0.2, -0.15) is 0 Å². The van der Waals surface area contributed by atoms with Gasteiger partial charge in [-0.05, 0) is 28.8 Å². The number of halogens is 1. The van der Waals surface area contributed by atoms with E-state index < -0.39 is 10.8 Å². The summed E-state index contributed by atoms with van der Waals surface area (Å²) < 4.78 is 25.0. The third-order valence-corrected chi connectivity index (χ3v) is 4.80. The molecule has 0 aliphatic rings. The molecule has 0 spiro atoms. The Hall–Kier alpha value is -2.05. The maximum atomic E-state index is 12.9. The summed E-state index contributed by atoms with van der Waals surface area (Å²) in [7, 11) is 0.332. The molecule has 0 aromatic heterocycles. The van der Waals surface area contributed by atoms with Crippen molar-refractivity contribution in [3.63, 3.8) is 0 Å². The molecule has 0 bridgehead atoms. The van der Waals surface area contributed by atoms with E-state index in [4.69, 9.17) is 5.11 Å². The molecular weight excluding hydrogens is 329 g/mol. The van der Waals surface area contributed by atoms with Gasteiger partial charge in [0.05, 0.1) is 6.61 Å². The molecule has 0 saturated carbocycles. The average molecular weight is 349 g/mol. The van der Waals surface area contributed by atoms with E-state index in [0.717, 1.165) is 16.7 Å². The van der Waals surface area contributed by atoms with Crippen molar-refractivity contribution >= 4 is 16.7 Å². The number of amides is 1. The minimum absolute atomic E-state index is 0.0317. The molecule has 2 aromatic rings. The average Bonchev–Trinajstić information content (AvgIpc) is 2.57. The van der Waals surface area contributed by atoms with Crippen LogP contribution in [0.25, 0.3) is 0 Å². The highest BCUT2D eigenvalue weighted by molar-refractivity contribution is 7.84. The van der Waals surface area contributed by atoms with Gasteiger partial charge in [-0.25, -0.2) is 4.39 Å². The van der Waals surface area contributed by atoms with Crippen LogP contribution in [0.3, 0.4) is 0 Å². The first kappa shape index (κ1) is 18.3. The predicted molar refractivity (Wildman–Crippen MR) is 92.0 cm³/mol. The van der Waals surface area contributed by atoms with Crippen LogP contribution in [0.2, 0.25) is 0 Å². The molecule has 1 N–H and O–H groups in total. The van der Waals surface area contributed by atoms with Gasteiger partial charge in [0.2, 0.25) is 5.91 Å². The van der Waals surface area contributed by atoms with Crippen molar-refractivity contribution in [1.29, 1.82) is 0 Å². The fourth-order valence-corrected chi connectivity index (χ4v) is 3.34. The molecule has 24 heavy (non-hydrogen) atoms. The van der Waals surface area contributed by atoms with Crippen LogP contribution in [0, 0.1) is 5.82 Å². The molecule has 0 heterocycles. The van der Waals surface area contributed by atoms with E-state index in [1.54, 1.807) is 43.4 Å². The Morgan fingerprint density at radius 3 is 2.17 bits per heavy atom. The van der Waals surface area contributed by atoms with Crippen LogP contribution in [0.4, 0.5) is 4.39 Å². The normalized spacial score (nSPS) is 12.0. The first-order valence-electron chi connectivity index (χ1n) is 7.50. The number of aliphatic hydroxyl groups excluding tert-OH is 1. The quantitative estimate of drug-likeness (QED) is 0.834. The zero-order chi connectivity index (χ0) is 17.5. The number of hydrogen-bond acceptors (Lipinski definition) is 3. The lowest BCUT2D eigenvalue weighted by Crippen LogP contribution is -2.30. The Labute approximate surface area is 143 Å². The monoisotopic (exact) mass is 349 g/mol. The fraction of sp³-hybridized carbons (Fsp3) is 0.278. The highest BCUT2D eigenvalue weighted by Gasteiger charge is 2.14. The Bertz CT molecular complexity index is 701. The number of carbonyl (C=O) groups excluding carboxylic acids is 1. The number of nitrogens with zero attached hydrogens (tertiary/aromatic N) is 1. The minimum atomic E-state index is -1.31. The second-order valence-corrected chi connectivity index (χ2v) is 7.04. The van der Waals surface area contributed by atoms with Crippen molar-refractivity contribution in [2.75, 3.05) is 12.8 Å². The van der Waals surface area contributed by atoms with Crippen LogP contribution in [0.1, 0.15) is 16.7 Å². The Kier molecular flexibility index (Phi) is 6.63. The molecule has 128 valence electrons. The summed E-state index contributed by atoms with van der Waals surface area (Å²) in [6, 6.07) is 13.1. The van der Waals surface area contributed by atoms with Gasteiger partial charge in [0.1, 0.15) is 11.6 Å². The van der Waals surface area contributed by atoms with Gasteiger partial charge in [0.25, 0.3) is 0 Å². The first-order valence-corrected chi connectivity index (χ1v) is 8.99. The van der Waals surface area contributed by atoms with E-state index in [1.807, 2.05) is 0 Å². The van der Waals surface area contributed by atoms with Gasteiger partial charge >= 0.3 is 0 Å². The van der Waals surface area contributed by atoms with Crippen molar-refractivity contribution in [1.82, 2.24) is 4.90 Å². The van der Waals surface area contributed by atoms with Crippen LogP contribution in [-0.4, -0.2) is 32.9 Å². The molecule has 6 heteroatoms. The molecule has 0 saturated heterocycles. The smallest absolute Gasteiger partial charge is 0.235 e. The molecule has 1 amide bonds. The van der Waals surface area contributed by atoms with Crippen LogP contribution in [0.5, 0.6) is 0 Å². The van der Waals surface area contributed by atoms with E-state index in [0.29, 0.717) is 12.3 Å². The van der Waals surface area contributed by atoms with Crippen molar-refractivity contribution in [3.05, 3.63) is 71.0 Å². The van der Waals surface area contributed by atoms with E-state index in [1.165, 1.54) is 17.0 Å². The summed E-state index contributed by atoms with van der Waals surface area (Å²) in [5, 5.41) is 9.00. The molecule has 0 aliphatic heterocycles. The summed E-state index contributed by atoms with van der Waals surface area (Å²) in [5.74, 6) is -0.299. The number of carbonyl (C=O) groups is 1. The van der Waals surface area contributed by atoms with Gasteiger partial charge in [-0.15, -0.1) is 0 Å². The Morgan fingerprint density at radius 2 is 1.58 bits per heavy atom. The highest BCUT2D eigenvalue weighted by atomic mass is 32.2. The van der Waals surface area contributed by atoms with Crippen LogP contribution < -0.4 is 0 Å². The molecule has 2 rings (SSSR count). The zero-order valence-corrected chi connectivity index (χ0v) is 14.3. The topological polar surface area (TPSA) is 57.6 Å². The molecule has 1 unspecified atom stereocenters. The van der Waals surface area contributed by atoms with Crippen molar-refractivity contribution < 1.29 is 18.5 Å². The van der Waals surface area contributed by atoms with Crippen molar-refractivity contribution in [2.24, 2.45) is 0 Å². The van der Waals surface area contributed by atoms with Gasteiger partial charge in [-0.3, -0.25) is 9.00 Å². The van der Waals surface area contributed by atoms with Crippen LogP contribution in [0.15, 0.2) is 48.5 Å². The maximum absolute atomic E-state index is 12.9. The predicted octanol–water partition coefficient (Wildman–Crippen LogP) is 2.23. The van der Waals surface area contributed by atoms with Crippen molar-refractivity contribution in [3.8, 4) is 0 Å². The summed E-state index contributed by atoms with van der Waals surface area (Å²) in [6.07, 6.45) is 0. The third kappa shape index (κ3) is 5.54. The van der Waals surface area contributed by atoms with Gasteiger partial charge in [0, 0.05) is 30.1 Å². The standard InChI is InChI=1S/C18H20FNO3S/c1-20(10-14-6-8-17(19)9-7-14)18(22)13-24(23)12-16-4-2-15(11-21)3-5-16/h2-9,21H,10-13H2,1H3.